The predicted molar refractivity (Wildman–Crippen MR) is 152 cm³/mol. The van der Waals surface area contributed by atoms with Crippen molar-refractivity contribution in [3.05, 3.63) is 105 Å². The normalized spacial score (nSPS) is 13.3. The van der Waals surface area contributed by atoms with Gasteiger partial charge in [-0.3, -0.25) is 9.59 Å². The molecule has 3 aromatic carbocycles. The summed E-state index contributed by atoms with van der Waals surface area (Å²) in [6.45, 7) is 0.761. The highest BCUT2D eigenvalue weighted by molar-refractivity contribution is 6.41. The second-order valence-corrected chi connectivity index (χ2v) is 10.2. The molecule has 0 radical (unpaired) electrons. The van der Waals surface area contributed by atoms with Crippen molar-refractivity contribution in [3.8, 4) is 0 Å². The van der Waals surface area contributed by atoms with Crippen molar-refractivity contribution >= 4 is 47.0 Å². The van der Waals surface area contributed by atoms with Crippen LogP contribution in [0.15, 0.2) is 66.7 Å². The molecule has 4 amide bonds. The Morgan fingerprint density at radius 2 is 1.65 bits per heavy atom. The number of amides is 4. The van der Waals surface area contributed by atoms with Gasteiger partial charge in [0, 0.05) is 32.2 Å². The van der Waals surface area contributed by atoms with Crippen molar-refractivity contribution in [1.29, 1.82) is 0 Å². The molecule has 0 spiro atoms. The van der Waals surface area contributed by atoms with E-state index in [-0.39, 0.29) is 28.1 Å². The van der Waals surface area contributed by atoms with Crippen LogP contribution in [0.3, 0.4) is 0 Å². The third kappa shape index (κ3) is 6.73. The Balaban J connectivity index is 1.43. The quantitative estimate of drug-likeness (QED) is 0.349. The summed E-state index contributed by atoms with van der Waals surface area (Å²) in [7, 11) is 1.58. The molecule has 0 bridgehead atoms. The Hall–Kier alpha value is -4.08. The molecule has 9 nitrogen and oxygen atoms in total. The van der Waals surface area contributed by atoms with Gasteiger partial charge in [0.15, 0.2) is 0 Å². The largest absolute Gasteiger partial charge is 0.480 e. The van der Waals surface area contributed by atoms with Gasteiger partial charge in [-0.2, -0.15) is 0 Å². The van der Waals surface area contributed by atoms with Crippen LogP contribution in [0.1, 0.15) is 37.4 Å². The minimum absolute atomic E-state index is 0.00322. The van der Waals surface area contributed by atoms with E-state index in [1.54, 1.807) is 11.9 Å². The monoisotopic (exact) mass is 582 g/mol. The van der Waals surface area contributed by atoms with Crippen molar-refractivity contribution in [2.45, 2.75) is 25.6 Å². The number of hydrogen-bond donors (Lipinski definition) is 3. The first-order valence-electron chi connectivity index (χ1n) is 12.6. The SMILES string of the molecule is CN(Cc1ccccc1)C(=O)NCC(NC(=O)c1c(Cl)cc2c(c1Cl)CCN(Cc1ccccc1)C2=O)C(=O)O. The Kier molecular flexibility index (Phi) is 9.29. The van der Waals surface area contributed by atoms with E-state index in [9.17, 15) is 24.3 Å². The molecule has 0 aliphatic carbocycles. The van der Waals surface area contributed by atoms with Gasteiger partial charge < -0.3 is 25.5 Å². The lowest BCUT2D eigenvalue weighted by Gasteiger charge is -2.30. The average Bonchev–Trinajstić information content (AvgIpc) is 2.93. The number of halogens is 2. The third-order valence-electron chi connectivity index (χ3n) is 6.58. The molecule has 1 heterocycles. The first-order chi connectivity index (χ1) is 19.2. The molecule has 3 N–H and O–H groups in total. The summed E-state index contributed by atoms with van der Waals surface area (Å²) in [6.07, 6.45) is 0.399. The number of carboxylic acids is 1. The average molecular weight is 583 g/mol. The number of carbonyl (C=O) groups is 4. The molecule has 4 rings (SSSR count). The van der Waals surface area contributed by atoms with Gasteiger partial charge in [0.05, 0.1) is 22.2 Å². The maximum Gasteiger partial charge on any atom is 0.328 e. The fourth-order valence-electron chi connectivity index (χ4n) is 4.46. The van der Waals surface area contributed by atoms with Crippen LogP contribution in [0, 0.1) is 0 Å². The van der Waals surface area contributed by atoms with Gasteiger partial charge in [-0.05, 0) is 29.2 Å². The van der Waals surface area contributed by atoms with Gasteiger partial charge in [0.2, 0.25) is 0 Å². The first kappa shape index (κ1) is 28.9. The van der Waals surface area contributed by atoms with E-state index in [0.29, 0.717) is 37.2 Å². The Morgan fingerprint density at radius 3 is 2.27 bits per heavy atom. The van der Waals surface area contributed by atoms with E-state index in [0.717, 1.165) is 11.1 Å². The maximum atomic E-state index is 13.2. The molecule has 0 aromatic heterocycles. The van der Waals surface area contributed by atoms with Crippen LogP contribution in [0.5, 0.6) is 0 Å². The van der Waals surface area contributed by atoms with Gasteiger partial charge in [-0.15, -0.1) is 0 Å². The number of carbonyl (C=O) groups excluding carboxylic acids is 3. The molecule has 0 saturated carbocycles. The summed E-state index contributed by atoms with van der Waals surface area (Å²) >= 11 is 13.0. The number of benzene rings is 3. The van der Waals surface area contributed by atoms with Crippen LogP contribution in [0.25, 0.3) is 0 Å². The summed E-state index contributed by atoms with van der Waals surface area (Å²) in [5, 5.41) is 14.5. The van der Waals surface area contributed by atoms with E-state index in [1.807, 2.05) is 60.7 Å². The smallest absolute Gasteiger partial charge is 0.328 e. The van der Waals surface area contributed by atoms with Crippen molar-refractivity contribution < 1.29 is 24.3 Å². The van der Waals surface area contributed by atoms with Crippen LogP contribution < -0.4 is 10.6 Å². The van der Waals surface area contributed by atoms with Gasteiger partial charge in [0.1, 0.15) is 6.04 Å². The number of nitrogens with zero attached hydrogens (tertiary/aromatic N) is 2. The van der Waals surface area contributed by atoms with Gasteiger partial charge in [-0.1, -0.05) is 83.9 Å². The van der Waals surface area contributed by atoms with Crippen molar-refractivity contribution in [2.75, 3.05) is 20.1 Å². The molecule has 1 atom stereocenters. The highest BCUT2D eigenvalue weighted by Crippen LogP contribution is 2.35. The first-order valence-corrected chi connectivity index (χ1v) is 13.3. The summed E-state index contributed by atoms with van der Waals surface area (Å²) in [5.41, 5.74) is 2.54. The molecule has 1 aliphatic heterocycles. The highest BCUT2D eigenvalue weighted by Gasteiger charge is 2.32. The van der Waals surface area contributed by atoms with Crippen LogP contribution in [-0.2, 0) is 24.3 Å². The fraction of sp³-hybridized carbons (Fsp3) is 0.241. The molecule has 208 valence electrons. The van der Waals surface area contributed by atoms with E-state index in [2.05, 4.69) is 10.6 Å². The van der Waals surface area contributed by atoms with E-state index in [1.165, 1.54) is 11.0 Å². The molecule has 1 aliphatic rings. The minimum Gasteiger partial charge on any atom is -0.480 e. The Bertz CT molecular complexity index is 1420. The zero-order chi connectivity index (χ0) is 28.8. The van der Waals surface area contributed by atoms with E-state index < -0.39 is 23.9 Å². The number of rotatable bonds is 9. The topological polar surface area (TPSA) is 119 Å². The van der Waals surface area contributed by atoms with Crippen molar-refractivity contribution in [2.24, 2.45) is 0 Å². The molecular formula is C29H28Cl2N4O5. The van der Waals surface area contributed by atoms with Crippen LogP contribution in [0.2, 0.25) is 10.0 Å². The number of carboxylic acid groups (broad SMARTS) is 1. The van der Waals surface area contributed by atoms with Gasteiger partial charge in [0.25, 0.3) is 11.8 Å². The van der Waals surface area contributed by atoms with Crippen molar-refractivity contribution in [3.63, 3.8) is 0 Å². The van der Waals surface area contributed by atoms with Crippen LogP contribution in [-0.4, -0.2) is 64.9 Å². The summed E-state index contributed by atoms with van der Waals surface area (Å²) in [6, 6.07) is 18.3. The minimum atomic E-state index is -1.45. The Morgan fingerprint density at radius 1 is 1.02 bits per heavy atom. The predicted octanol–water partition coefficient (Wildman–Crippen LogP) is 4.22. The fourth-order valence-corrected chi connectivity index (χ4v) is 5.18. The zero-order valence-corrected chi connectivity index (χ0v) is 23.2. The lowest BCUT2D eigenvalue weighted by Crippen LogP contribution is -2.50. The van der Waals surface area contributed by atoms with E-state index in [4.69, 9.17) is 23.2 Å². The third-order valence-corrected chi connectivity index (χ3v) is 7.30. The molecule has 3 aromatic rings. The second kappa shape index (κ2) is 12.8. The number of nitrogens with one attached hydrogen (secondary N) is 2. The summed E-state index contributed by atoms with van der Waals surface area (Å²) in [5.74, 6) is -2.43. The molecule has 11 heteroatoms. The van der Waals surface area contributed by atoms with Crippen LogP contribution in [0.4, 0.5) is 4.79 Å². The molecular weight excluding hydrogens is 555 g/mol. The lowest BCUT2D eigenvalue weighted by atomic mass is 9.95. The summed E-state index contributed by atoms with van der Waals surface area (Å²) in [4.78, 5) is 53.8. The maximum absolute atomic E-state index is 13.2. The van der Waals surface area contributed by atoms with Gasteiger partial charge in [-0.25, -0.2) is 9.59 Å². The van der Waals surface area contributed by atoms with Crippen molar-refractivity contribution in [1.82, 2.24) is 20.4 Å². The lowest BCUT2D eigenvalue weighted by molar-refractivity contribution is -0.139. The van der Waals surface area contributed by atoms with Crippen LogP contribution >= 0.6 is 23.2 Å². The summed E-state index contributed by atoms with van der Waals surface area (Å²) < 4.78 is 0. The number of aliphatic carboxylic acids is 1. The molecule has 0 saturated heterocycles. The molecule has 0 fully saturated rings. The zero-order valence-electron chi connectivity index (χ0n) is 21.7. The number of hydrogen-bond acceptors (Lipinski definition) is 4. The Labute approximate surface area is 241 Å². The highest BCUT2D eigenvalue weighted by atomic mass is 35.5. The van der Waals surface area contributed by atoms with Gasteiger partial charge >= 0.3 is 12.0 Å². The van der Waals surface area contributed by atoms with E-state index >= 15 is 0 Å². The second-order valence-electron chi connectivity index (χ2n) is 9.43. The molecule has 40 heavy (non-hydrogen) atoms. The number of fused-ring (bicyclic) bond motifs is 1. The number of urea groups is 1. The standard InChI is InChI=1S/C29H28Cl2N4O5/c1-34(16-18-8-4-2-5-9-18)29(40)32-15-23(28(38)39)33-26(36)24-22(30)14-21-20(25(24)31)12-13-35(27(21)37)17-19-10-6-3-7-11-19/h2-11,14,23H,12-13,15-17H2,1H3,(H,32,40)(H,33,36)(H,38,39). The molecule has 1 unspecified atom stereocenters.